The van der Waals surface area contributed by atoms with Crippen molar-refractivity contribution >= 4 is 22.0 Å². The molecule has 0 bridgehead atoms. The van der Waals surface area contributed by atoms with Crippen molar-refractivity contribution in [2.45, 2.75) is 51.2 Å². The van der Waals surface area contributed by atoms with Crippen LogP contribution in [0.5, 0.6) is 0 Å². The van der Waals surface area contributed by atoms with Crippen LogP contribution in [0, 0.1) is 11.8 Å². The summed E-state index contributed by atoms with van der Waals surface area (Å²) in [6, 6.07) is 3.79. The first-order valence-corrected chi connectivity index (χ1v) is 9.28. The molecule has 1 saturated carbocycles. The highest BCUT2D eigenvalue weighted by Crippen LogP contribution is 2.45. The number of carbonyl (C=O) groups excluding carboxylic acids is 1. The molecule has 6 heteroatoms. The molecule has 1 amide bonds. The molecule has 3 rings (SSSR count). The molecule has 24 heavy (non-hydrogen) atoms. The fourth-order valence-corrected chi connectivity index (χ4v) is 4.08. The molecule has 2 fully saturated rings. The number of amides is 1. The maximum atomic E-state index is 12.3. The summed E-state index contributed by atoms with van der Waals surface area (Å²) in [4.78, 5) is 18.3. The monoisotopic (exact) mass is 396 g/mol. The molecule has 1 aromatic heterocycles. The van der Waals surface area contributed by atoms with Crippen LogP contribution in [0.1, 0.15) is 45.6 Å². The van der Waals surface area contributed by atoms with E-state index in [1.165, 1.54) is 0 Å². The van der Waals surface area contributed by atoms with Crippen LogP contribution in [0.25, 0.3) is 0 Å². The van der Waals surface area contributed by atoms with Gasteiger partial charge in [-0.15, -0.1) is 0 Å². The van der Waals surface area contributed by atoms with Crippen LogP contribution in [-0.2, 0) is 10.3 Å². The molecule has 0 radical (unpaired) electrons. The Morgan fingerprint density at radius 3 is 2.71 bits per heavy atom. The molecule has 132 valence electrons. The number of rotatable bonds is 1. The Kier molecular flexibility index (Phi) is 4.64. The van der Waals surface area contributed by atoms with E-state index in [1.807, 2.05) is 32.9 Å². The Morgan fingerprint density at radius 1 is 1.38 bits per heavy atom. The van der Waals surface area contributed by atoms with Crippen molar-refractivity contribution in [3.63, 3.8) is 0 Å². The molecule has 2 aliphatic rings. The summed E-state index contributed by atoms with van der Waals surface area (Å²) in [5, 5.41) is 11.1. The molecule has 1 aromatic rings. The zero-order chi connectivity index (χ0) is 17.5. The fraction of sp³-hybridized carbons (Fsp3) is 0.667. The van der Waals surface area contributed by atoms with Gasteiger partial charge in [-0.2, -0.15) is 0 Å². The lowest BCUT2D eigenvalue weighted by atomic mass is 9.71. The van der Waals surface area contributed by atoms with Gasteiger partial charge >= 0.3 is 6.09 Å². The number of pyridine rings is 1. The van der Waals surface area contributed by atoms with E-state index in [0.717, 1.165) is 23.1 Å². The van der Waals surface area contributed by atoms with Crippen molar-refractivity contribution in [2.75, 3.05) is 13.1 Å². The van der Waals surface area contributed by atoms with Gasteiger partial charge in [-0.25, -0.2) is 9.78 Å². The van der Waals surface area contributed by atoms with Gasteiger partial charge in [-0.1, -0.05) is 6.07 Å². The molecular weight excluding hydrogens is 372 g/mol. The molecule has 1 saturated heterocycles. The molecule has 0 aromatic carbocycles. The topological polar surface area (TPSA) is 62.7 Å². The van der Waals surface area contributed by atoms with E-state index >= 15 is 0 Å². The average molecular weight is 397 g/mol. The zero-order valence-electron chi connectivity index (χ0n) is 14.5. The van der Waals surface area contributed by atoms with E-state index in [9.17, 15) is 9.90 Å². The summed E-state index contributed by atoms with van der Waals surface area (Å²) >= 11 is 3.33. The lowest BCUT2D eigenvalue weighted by Gasteiger charge is -2.38. The zero-order valence-corrected chi connectivity index (χ0v) is 16.0. The highest BCUT2D eigenvalue weighted by atomic mass is 79.9. The minimum atomic E-state index is -0.848. The predicted molar refractivity (Wildman–Crippen MR) is 94.5 cm³/mol. The Hall–Kier alpha value is -1.14. The third-order valence-electron chi connectivity index (χ3n) is 5.02. The number of aliphatic hydroxyl groups is 1. The molecule has 0 spiro atoms. The smallest absolute Gasteiger partial charge is 0.410 e. The van der Waals surface area contributed by atoms with Gasteiger partial charge in [0.2, 0.25) is 0 Å². The average Bonchev–Trinajstić information content (AvgIpc) is 2.89. The number of aromatic nitrogens is 1. The standard InChI is InChI=1S/C18H25BrN2O3/c1-17(2,3)24-16(22)21-10-12-6-7-18(23,8-13(12)11-21)14-4-5-15(19)20-9-14/h4-5,9,12-13,23H,6-8,10-11H2,1-3H3. The molecule has 3 unspecified atom stereocenters. The highest BCUT2D eigenvalue weighted by molar-refractivity contribution is 9.10. The van der Waals surface area contributed by atoms with Crippen molar-refractivity contribution in [1.82, 2.24) is 9.88 Å². The van der Waals surface area contributed by atoms with Crippen molar-refractivity contribution < 1.29 is 14.6 Å². The van der Waals surface area contributed by atoms with Gasteiger partial charge in [0, 0.05) is 24.8 Å². The first-order chi connectivity index (χ1) is 11.2. The van der Waals surface area contributed by atoms with E-state index < -0.39 is 11.2 Å². The first-order valence-electron chi connectivity index (χ1n) is 8.49. The quantitative estimate of drug-likeness (QED) is 0.735. The molecule has 5 nitrogen and oxygen atoms in total. The normalized spacial score (nSPS) is 30.1. The highest BCUT2D eigenvalue weighted by Gasteiger charge is 2.46. The minimum absolute atomic E-state index is 0.245. The van der Waals surface area contributed by atoms with E-state index in [-0.39, 0.29) is 6.09 Å². The van der Waals surface area contributed by atoms with Crippen molar-refractivity contribution in [2.24, 2.45) is 11.8 Å². The maximum Gasteiger partial charge on any atom is 0.410 e. The van der Waals surface area contributed by atoms with Gasteiger partial charge in [0.05, 0.1) is 5.60 Å². The second-order valence-electron chi connectivity index (χ2n) is 8.05. The van der Waals surface area contributed by atoms with Crippen molar-refractivity contribution in [3.8, 4) is 0 Å². The van der Waals surface area contributed by atoms with Crippen LogP contribution in [0.4, 0.5) is 4.79 Å². The Labute approximate surface area is 151 Å². The number of halogens is 1. The van der Waals surface area contributed by atoms with Crippen molar-refractivity contribution in [1.29, 1.82) is 0 Å². The lowest BCUT2D eigenvalue weighted by molar-refractivity contribution is -0.0305. The minimum Gasteiger partial charge on any atom is -0.444 e. The largest absolute Gasteiger partial charge is 0.444 e. The van der Waals surface area contributed by atoms with Gasteiger partial charge in [0.1, 0.15) is 10.2 Å². The number of fused-ring (bicyclic) bond motifs is 1. The number of nitrogens with zero attached hydrogens (tertiary/aromatic N) is 2. The number of likely N-dealkylation sites (tertiary alicyclic amines) is 1. The molecule has 1 N–H and O–H groups in total. The number of ether oxygens (including phenoxy) is 1. The summed E-state index contributed by atoms with van der Waals surface area (Å²) in [6.45, 7) is 7.04. The number of hydrogen-bond donors (Lipinski definition) is 1. The molecule has 1 aliphatic carbocycles. The summed E-state index contributed by atoms with van der Waals surface area (Å²) < 4.78 is 6.25. The summed E-state index contributed by atoms with van der Waals surface area (Å²) in [6.07, 6.45) is 3.78. The van der Waals surface area contributed by atoms with E-state index in [2.05, 4.69) is 20.9 Å². The van der Waals surface area contributed by atoms with Crippen LogP contribution in [-0.4, -0.2) is 39.8 Å². The first kappa shape index (κ1) is 17.7. The molecule has 1 aliphatic heterocycles. The molecule has 3 atom stereocenters. The van der Waals surface area contributed by atoms with Gasteiger partial charge in [0.15, 0.2) is 0 Å². The van der Waals surface area contributed by atoms with Gasteiger partial charge in [-0.3, -0.25) is 0 Å². The fourth-order valence-electron chi connectivity index (χ4n) is 3.85. The van der Waals surface area contributed by atoms with Crippen LogP contribution in [0.3, 0.4) is 0 Å². The van der Waals surface area contributed by atoms with E-state index in [0.29, 0.717) is 31.2 Å². The predicted octanol–water partition coefficient (Wildman–Crippen LogP) is 3.70. The van der Waals surface area contributed by atoms with Gasteiger partial charge < -0.3 is 14.7 Å². The SMILES string of the molecule is CC(C)(C)OC(=O)N1CC2CCC(O)(c3ccc(Br)nc3)CC2C1. The van der Waals surface area contributed by atoms with Crippen LogP contribution < -0.4 is 0 Å². The Morgan fingerprint density at radius 2 is 2.08 bits per heavy atom. The Bertz CT molecular complexity index is 614. The summed E-state index contributed by atoms with van der Waals surface area (Å²) in [5.41, 5.74) is -0.465. The Balaban J connectivity index is 1.68. The van der Waals surface area contributed by atoms with Crippen LogP contribution in [0.15, 0.2) is 22.9 Å². The maximum absolute atomic E-state index is 12.3. The van der Waals surface area contributed by atoms with Crippen molar-refractivity contribution in [3.05, 3.63) is 28.5 Å². The number of hydrogen-bond acceptors (Lipinski definition) is 4. The summed E-state index contributed by atoms with van der Waals surface area (Å²) in [5.74, 6) is 0.751. The second kappa shape index (κ2) is 6.30. The van der Waals surface area contributed by atoms with Crippen LogP contribution >= 0.6 is 15.9 Å². The lowest BCUT2D eigenvalue weighted by Crippen LogP contribution is -2.37. The number of carbonyl (C=O) groups is 1. The van der Waals surface area contributed by atoms with E-state index in [1.54, 1.807) is 11.1 Å². The summed E-state index contributed by atoms with van der Waals surface area (Å²) in [7, 11) is 0. The molecule has 2 heterocycles. The van der Waals surface area contributed by atoms with Gasteiger partial charge in [0.25, 0.3) is 0 Å². The third kappa shape index (κ3) is 3.75. The van der Waals surface area contributed by atoms with Crippen LogP contribution in [0.2, 0.25) is 0 Å². The molecular formula is C18H25BrN2O3. The third-order valence-corrected chi connectivity index (χ3v) is 5.49. The van der Waals surface area contributed by atoms with Gasteiger partial charge in [-0.05, 0) is 73.9 Å². The second-order valence-corrected chi connectivity index (χ2v) is 8.86. The van der Waals surface area contributed by atoms with E-state index in [4.69, 9.17) is 4.74 Å².